The first-order chi connectivity index (χ1) is 10.9. The highest BCUT2D eigenvalue weighted by atomic mass is 127. The van der Waals surface area contributed by atoms with Gasteiger partial charge in [-0.15, -0.1) is 0 Å². The molecule has 2 rings (SSSR count). The van der Waals surface area contributed by atoms with Crippen LogP contribution in [-0.4, -0.2) is 16.1 Å². The summed E-state index contributed by atoms with van der Waals surface area (Å²) in [5.74, 6) is -0.486. The molecule has 0 aliphatic heterocycles. The molecule has 0 saturated carbocycles. The van der Waals surface area contributed by atoms with Crippen LogP contribution < -0.4 is 5.32 Å². The van der Waals surface area contributed by atoms with Gasteiger partial charge < -0.3 is 15.5 Å². The van der Waals surface area contributed by atoms with Gasteiger partial charge >= 0.3 is 0 Å². The van der Waals surface area contributed by atoms with E-state index in [1.54, 1.807) is 12.1 Å². The lowest BCUT2D eigenvalue weighted by molar-refractivity contribution is -0.112. The van der Waals surface area contributed by atoms with Gasteiger partial charge in [0.2, 0.25) is 0 Å². The van der Waals surface area contributed by atoms with Crippen molar-refractivity contribution in [2.75, 3.05) is 5.32 Å². The van der Waals surface area contributed by atoms with Gasteiger partial charge in [0.05, 0.1) is 3.57 Å². The zero-order valence-electron chi connectivity index (χ0n) is 11.5. The second-order valence-electron chi connectivity index (χ2n) is 4.50. The van der Waals surface area contributed by atoms with Crippen molar-refractivity contribution in [2.45, 2.75) is 0 Å². The highest BCUT2D eigenvalue weighted by Gasteiger charge is 2.12. The van der Waals surface area contributed by atoms with E-state index in [1.807, 2.05) is 28.7 Å². The lowest BCUT2D eigenvalue weighted by Crippen LogP contribution is -2.13. The number of carbonyl (C=O) groups excluding carboxylic acids is 1. The molecule has 2 aromatic rings. The maximum absolute atomic E-state index is 12.2. The maximum atomic E-state index is 12.2. The lowest BCUT2D eigenvalue weighted by Gasteiger charge is -2.06. The van der Waals surface area contributed by atoms with E-state index in [4.69, 9.17) is 0 Å². The van der Waals surface area contributed by atoms with E-state index in [1.165, 1.54) is 30.3 Å². The van der Waals surface area contributed by atoms with Crippen molar-refractivity contribution in [3.05, 3.63) is 54.7 Å². The topological polar surface area (TPSA) is 93.3 Å². The summed E-state index contributed by atoms with van der Waals surface area (Å²) >= 11 is 4.08. The first-order valence-electron chi connectivity index (χ1n) is 6.31. The molecule has 2 aromatic carbocycles. The van der Waals surface area contributed by atoms with Gasteiger partial charge in [-0.2, -0.15) is 5.26 Å². The normalized spacial score (nSPS) is 10.9. The molecular formula is C16H10I2N2O3. The molecule has 0 aliphatic carbocycles. The van der Waals surface area contributed by atoms with Gasteiger partial charge in [0.15, 0.2) is 0 Å². The predicted molar refractivity (Wildman–Crippen MR) is 104 cm³/mol. The van der Waals surface area contributed by atoms with Crippen molar-refractivity contribution in [1.82, 2.24) is 0 Å². The second kappa shape index (κ2) is 7.65. The first kappa shape index (κ1) is 17.6. The molecule has 0 radical (unpaired) electrons. The fourth-order valence-corrected chi connectivity index (χ4v) is 3.63. The van der Waals surface area contributed by atoms with Crippen LogP contribution in [0.5, 0.6) is 11.5 Å². The van der Waals surface area contributed by atoms with Crippen molar-refractivity contribution in [2.24, 2.45) is 0 Å². The molecule has 116 valence electrons. The Bertz CT molecular complexity index is 824. The number of phenolic OH excluding ortho intramolecular Hbond substituents is 2. The van der Waals surface area contributed by atoms with E-state index in [9.17, 15) is 20.3 Å². The SMILES string of the molecule is N#CC(=Cc1cc(I)cc(I)c1O)C(=O)Nc1ccc(O)cc1. The standard InChI is InChI=1S/C16H10I2N2O3/c17-11-6-9(15(22)14(18)7-11)5-10(8-19)16(23)20-12-1-3-13(21)4-2-12/h1-7,21-22H,(H,20,23). The number of hydrogen-bond donors (Lipinski definition) is 3. The van der Waals surface area contributed by atoms with Gasteiger partial charge in [0, 0.05) is 14.8 Å². The minimum absolute atomic E-state index is 0.0243. The summed E-state index contributed by atoms with van der Waals surface area (Å²) in [4.78, 5) is 12.2. The molecule has 0 fully saturated rings. The molecule has 3 N–H and O–H groups in total. The number of anilines is 1. The predicted octanol–water partition coefficient (Wildman–Crippen LogP) is 3.85. The molecule has 0 unspecified atom stereocenters. The third-order valence-corrected chi connectivity index (χ3v) is 4.29. The highest BCUT2D eigenvalue weighted by molar-refractivity contribution is 14.1. The van der Waals surface area contributed by atoms with E-state index < -0.39 is 5.91 Å². The minimum Gasteiger partial charge on any atom is -0.508 e. The van der Waals surface area contributed by atoms with Crippen LogP contribution in [0.4, 0.5) is 5.69 Å². The molecule has 0 heterocycles. The van der Waals surface area contributed by atoms with Crippen molar-refractivity contribution in [3.63, 3.8) is 0 Å². The number of amides is 1. The first-order valence-corrected chi connectivity index (χ1v) is 8.46. The smallest absolute Gasteiger partial charge is 0.266 e. The fourth-order valence-electron chi connectivity index (χ4n) is 1.74. The fraction of sp³-hybridized carbons (Fsp3) is 0. The Balaban J connectivity index is 2.30. The minimum atomic E-state index is -0.591. The molecule has 1 amide bonds. The Morgan fingerprint density at radius 2 is 1.83 bits per heavy atom. The third kappa shape index (κ3) is 4.59. The molecule has 0 atom stereocenters. The van der Waals surface area contributed by atoms with E-state index in [2.05, 4.69) is 27.9 Å². The molecule has 23 heavy (non-hydrogen) atoms. The van der Waals surface area contributed by atoms with Crippen LogP contribution in [-0.2, 0) is 4.79 Å². The van der Waals surface area contributed by atoms with Crippen LogP contribution in [0.3, 0.4) is 0 Å². The van der Waals surface area contributed by atoms with Crippen LogP contribution in [0, 0.1) is 18.5 Å². The highest BCUT2D eigenvalue weighted by Crippen LogP contribution is 2.29. The molecule has 0 aromatic heterocycles. The number of aromatic hydroxyl groups is 2. The van der Waals surface area contributed by atoms with Gasteiger partial charge in [-0.25, -0.2) is 0 Å². The van der Waals surface area contributed by atoms with Gasteiger partial charge in [-0.3, -0.25) is 4.79 Å². The van der Waals surface area contributed by atoms with Crippen LogP contribution in [0.1, 0.15) is 5.56 Å². The number of halogens is 2. The van der Waals surface area contributed by atoms with Crippen LogP contribution in [0.15, 0.2) is 42.0 Å². The average molecular weight is 532 g/mol. The summed E-state index contributed by atoms with van der Waals surface area (Å²) in [6, 6.07) is 11.2. The Labute approximate surface area is 159 Å². The molecule has 5 nitrogen and oxygen atoms in total. The Hall–Kier alpha value is -1.80. The largest absolute Gasteiger partial charge is 0.508 e. The van der Waals surface area contributed by atoms with Gasteiger partial charge in [-0.1, -0.05) is 0 Å². The van der Waals surface area contributed by atoms with Crippen LogP contribution in [0.25, 0.3) is 6.08 Å². The summed E-state index contributed by atoms with van der Waals surface area (Å²) in [6.45, 7) is 0. The van der Waals surface area contributed by atoms with Gasteiger partial charge in [-0.05, 0) is 87.7 Å². The summed E-state index contributed by atoms with van der Waals surface area (Å²) in [5.41, 5.74) is 0.722. The number of rotatable bonds is 3. The van der Waals surface area contributed by atoms with Crippen molar-refractivity contribution >= 4 is 62.9 Å². The number of nitriles is 1. The summed E-state index contributed by atoms with van der Waals surface area (Å²) in [7, 11) is 0. The van der Waals surface area contributed by atoms with Crippen molar-refractivity contribution < 1.29 is 15.0 Å². The molecule has 0 spiro atoms. The Kier molecular flexibility index (Phi) is 5.84. The monoisotopic (exact) mass is 532 g/mol. The Morgan fingerprint density at radius 1 is 1.17 bits per heavy atom. The van der Waals surface area contributed by atoms with E-state index in [0.717, 1.165) is 3.57 Å². The lowest BCUT2D eigenvalue weighted by atomic mass is 10.1. The summed E-state index contributed by atoms with van der Waals surface area (Å²) < 4.78 is 1.52. The van der Waals surface area contributed by atoms with Crippen molar-refractivity contribution in [1.29, 1.82) is 5.26 Å². The Morgan fingerprint density at radius 3 is 2.43 bits per heavy atom. The molecular weight excluding hydrogens is 522 g/mol. The third-order valence-electron chi connectivity index (χ3n) is 2.85. The van der Waals surface area contributed by atoms with Crippen LogP contribution >= 0.6 is 45.2 Å². The molecule has 0 saturated heterocycles. The van der Waals surface area contributed by atoms with Crippen molar-refractivity contribution in [3.8, 4) is 17.6 Å². The number of phenols is 2. The van der Waals surface area contributed by atoms with Gasteiger partial charge in [0.25, 0.3) is 5.91 Å². The second-order valence-corrected chi connectivity index (χ2v) is 6.90. The quantitative estimate of drug-likeness (QED) is 0.243. The number of carbonyl (C=O) groups is 1. The van der Waals surface area contributed by atoms with E-state index >= 15 is 0 Å². The number of hydrogen-bond acceptors (Lipinski definition) is 4. The zero-order valence-corrected chi connectivity index (χ0v) is 15.9. The average Bonchev–Trinajstić information content (AvgIpc) is 2.51. The molecule has 0 bridgehead atoms. The summed E-state index contributed by atoms with van der Waals surface area (Å²) in [5, 5.41) is 31.0. The molecule has 0 aliphatic rings. The zero-order chi connectivity index (χ0) is 17.0. The van der Waals surface area contributed by atoms with E-state index in [-0.39, 0.29) is 17.1 Å². The molecule has 7 heteroatoms. The number of nitrogens with one attached hydrogen (secondary N) is 1. The maximum Gasteiger partial charge on any atom is 0.266 e. The summed E-state index contributed by atoms with van der Waals surface area (Å²) in [6.07, 6.45) is 1.34. The van der Waals surface area contributed by atoms with E-state index in [0.29, 0.717) is 14.8 Å². The van der Waals surface area contributed by atoms with Crippen LogP contribution in [0.2, 0.25) is 0 Å². The number of nitrogens with zero attached hydrogens (tertiary/aromatic N) is 1. The number of benzene rings is 2. The van der Waals surface area contributed by atoms with Gasteiger partial charge in [0.1, 0.15) is 23.1 Å².